The Labute approximate surface area is 189 Å². The monoisotopic (exact) mass is 458 g/mol. The van der Waals surface area contributed by atoms with Gasteiger partial charge in [0, 0.05) is 18.1 Å². The molecule has 1 fully saturated rings. The standard InChI is InChI=1S/C21H23ClN6O2S/c1-30-17-8-6-16(7-9-17)28-21(24-25-26-28)31-14-20(29)23-18-13-15(22)5-10-19(18)27-11-3-2-4-12-27/h5-10,13H,2-4,11-12,14H2,1H3,(H,23,29). The van der Waals surface area contributed by atoms with Crippen molar-refractivity contribution >= 4 is 40.6 Å². The van der Waals surface area contributed by atoms with Crippen LogP contribution in [0.2, 0.25) is 5.02 Å². The zero-order chi connectivity index (χ0) is 21.6. The van der Waals surface area contributed by atoms with Crippen LogP contribution < -0.4 is 15.0 Å². The number of amides is 1. The van der Waals surface area contributed by atoms with Gasteiger partial charge in [0.25, 0.3) is 0 Å². The lowest BCUT2D eigenvalue weighted by Crippen LogP contribution is -2.30. The molecular formula is C21H23ClN6O2S. The first-order chi connectivity index (χ1) is 15.1. The van der Waals surface area contributed by atoms with E-state index in [2.05, 4.69) is 25.7 Å². The number of nitrogens with zero attached hydrogens (tertiary/aromatic N) is 5. The number of piperidine rings is 1. The molecule has 1 N–H and O–H groups in total. The first-order valence-electron chi connectivity index (χ1n) is 10.0. The summed E-state index contributed by atoms with van der Waals surface area (Å²) in [6.07, 6.45) is 3.55. The zero-order valence-corrected chi connectivity index (χ0v) is 18.7. The fourth-order valence-corrected chi connectivity index (χ4v) is 4.35. The molecule has 1 aliphatic rings. The summed E-state index contributed by atoms with van der Waals surface area (Å²) in [5.41, 5.74) is 2.52. The smallest absolute Gasteiger partial charge is 0.234 e. The van der Waals surface area contributed by atoms with Gasteiger partial charge in [-0.25, -0.2) is 0 Å². The number of ether oxygens (including phenoxy) is 1. The van der Waals surface area contributed by atoms with Crippen LogP contribution in [0.1, 0.15) is 19.3 Å². The van der Waals surface area contributed by atoms with Gasteiger partial charge in [-0.3, -0.25) is 4.79 Å². The SMILES string of the molecule is COc1ccc(-n2nnnc2SCC(=O)Nc2cc(Cl)ccc2N2CCCCC2)cc1. The van der Waals surface area contributed by atoms with Gasteiger partial charge in [-0.15, -0.1) is 5.10 Å². The largest absolute Gasteiger partial charge is 0.497 e. The number of hydrogen-bond donors (Lipinski definition) is 1. The molecule has 1 aromatic heterocycles. The lowest BCUT2D eigenvalue weighted by Gasteiger charge is -2.30. The maximum atomic E-state index is 12.7. The Kier molecular flexibility index (Phi) is 6.93. The van der Waals surface area contributed by atoms with E-state index in [1.807, 2.05) is 36.4 Å². The van der Waals surface area contributed by atoms with Crippen molar-refractivity contribution < 1.29 is 9.53 Å². The van der Waals surface area contributed by atoms with Gasteiger partial charge in [0.15, 0.2) is 0 Å². The normalized spacial score (nSPS) is 13.8. The number of aromatic nitrogens is 4. The molecule has 8 nitrogen and oxygen atoms in total. The molecular weight excluding hydrogens is 436 g/mol. The third-order valence-corrected chi connectivity index (χ3v) is 6.17. The highest BCUT2D eigenvalue weighted by Crippen LogP contribution is 2.31. The van der Waals surface area contributed by atoms with Crippen molar-refractivity contribution in [2.75, 3.05) is 36.2 Å². The van der Waals surface area contributed by atoms with Crippen molar-refractivity contribution in [1.29, 1.82) is 0 Å². The highest BCUT2D eigenvalue weighted by Gasteiger charge is 2.17. The molecule has 31 heavy (non-hydrogen) atoms. The Morgan fingerprint density at radius 1 is 1.16 bits per heavy atom. The van der Waals surface area contributed by atoms with E-state index in [-0.39, 0.29) is 11.7 Å². The van der Waals surface area contributed by atoms with Crippen molar-refractivity contribution in [2.24, 2.45) is 0 Å². The van der Waals surface area contributed by atoms with Gasteiger partial charge in [-0.05, 0) is 72.2 Å². The molecule has 1 aliphatic heterocycles. The van der Waals surface area contributed by atoms with Crippen molar-refractivity contribution in [2.45, 2.75) is 24.4 Å². The second-order valence-corrected chi connectivity index (χ2v) is 8.50. The number of thioether (sulfide) groups is 1. The number of carbonyl (C=O) groups excluding carboxylic acids is 1. The molecule has 10 heteroatoms. The van der Waals surface area contributed by atoms with Crippen LogP contribution in [0.25, 0.3) is 5.69 Å². The number of methoxy groups -OCH3 is 1. The van der Waals surface area contributed by atoms with Crippen molar-refractivity contribution in [1.82, 2.24) is 20.2 Å². The van der Waals surface area contributed by atoms with Crippen LogP contribution in [-0.2, 0) is 4.79 Å². The molecule has 162 valence electrons. The third kappa shape index (κ3) is 5.29. The Morgan fingerprint density at radius 3 is 2.68 bits per heavy atom. The molecule has 2 heterocycles. The maximum Gasteiger partial charge on any atom is 0.234 e. The van der Waals surface area contributed by atoms with Crippen LogP contribution in [0.3, 0.4) is 0 Å². The van der Waals surface area contributed by atoms with E-state index in [4.69, 9.17) is 16.3 Å². The van der Waals surface area contributed by atoms with E-state index in [9.17, 15) is 4.79 Å². The van der Waals surface area contributed by atoms with Crippen molar-refractivity contribution in [3.05, 3.63) is 47.5 Å². The van der Waals surface area contributed by atoms with E-state index in [0.717, 1.165) is 48.7 Å². The van der Waals surface area contributed by atoms with Gasteiger partial charge >= 0.3 is 0 Å². The van der Waals surface area contributed by atoms with E-state index in [0.29, 0.717) is 10.2 Å². The second-order valence-electron chi connectivity index (χ2n) is 7.12. The van der Waals surface area contributed by atoms with Gasteiger partial charge in [-0.1, -0.05) is 23.4 Å². The van der Waals surface area contributed by atoms with E-state index in [1.165, 1.54) is 18.2 Å². The average molecular weight is 459 g/mol. The lowest BCUT2D eigenvalue weighted by molar-refractivity contribution is -0.113. The van der Waals surface area contributed by atoms with Crippen LogP contribution in [0.4, 0.5) is 11.4 Å². The van der Waals surface area contributed by atoms with Crippen LogP contribution in [0, 0.1) is 0 Å². The molecule has 0 saturated carbocycles. The highest BCUT2D eigenvalue weighted by molar-refractivity contribution is 7.99. The molecule has 0 bridgehead atoms. The molecule has 2 aromatic carbocycles. The number of rotatable bonds is 7. The number of nitrogens with one attached hydrogen (secondary N) is 1. The summed E-state index contributed by atoms with van der Waals surface area (Å²) < 4.78 is 6.78. The minimum atomic E-state index is -0.144. The van der Waals surface area contributed by atoms with Crippen LogP contribution in [0.5, 0.6) is 5.75 Å². The highest BCUT2D eigenvalue weighted by atomic mass is 35.5. The molecule has 0 unspecified atom stereocenters. The zero-order valence-electron chi connectivity index (χ0n) is 17.1. The number of hydrogen-bond acceptors (Lipinski definition) is 7. The Morgan fingerprint density at radius 2 is 1.94 bits per heavy atom. The summed E-state index contributed by atoms with van der Waals surface area (Å²) in [7, 11) is 1.61. The molecule has 1 amide bonds. The lowest BCUT2D eigenvalue weighted by atomic mass is 10.1. The second kappa shape index (κ2) is 10.0. The topological polar surface area (TPSA) is 85.2 Å². The number of anilines is 2. The number of benzene rings is 2. The number of halogens is 1. The van der Waals surface area contributed by atoms with Crippen molar-refractivity contribution in [3.8, 4) is 11.4 Å². The van der Waals surface area contributed by atoms with E-state index in [1.54, 1.807) is 17.9 Å². The minimum absolute atomic E-state index is 0.144. The third-order valence-electron chi connectivity index (χ3n) is 5.02. The van der Waals surface area contributed by atoms with Gasteiger partial charge in [0.05, 0.1) is 29.9 Å². The molecule has 1 saturated heterocycles. The fraction of sp³-hybridized carbons (Fsp3) is 0.333. The first kappa shape index (κ1) is 21.5. The molecule has 0 radical (unpaired) electrons. The van der Waals surface area contributed by atoms with Crippen molar-refractivity contribution in [3.63, 3.8) is 0 Å². The molecule has 0 atom stereocenters. The molecule has 0 spiro atoms. The predicted molar refractivity (Wildman–Crippen MR) is 123 cm³/mol. The summed E-state index contributed by atoms with van der Waals surface area (Å²) >= 11 is 7.46. The summed E-state index contributed by atoms with van der Waals surface area (Å²) in [6.45, 7) is 1.96. The summed E-state index contributed by atoms with van der Waals surface area (Å²) in [5, 5.41) is 15.9. The number of carbonyl (C=O) groups is 1. The van der Waals surface area contributed by atoms with Gasteiger partial charge in [0.1, 0.15) is 5.75 Å². The number of tetrazole rings is 1. The summed E-state index contributed by atoms with van der Waals surface area (Å²) in [4.78, 5) is 15.0. The van der Waals surface area contributed by atoms with Gasteiger partial charge in [0.2, 0.25) is 11.1 Å². The van der Waals surface area contributed by atoms with Crippen LogP contribution in [0.15, 0.2) is 47.6 Å². The van der Waals surface area contributed by atoms with Gasteiger partial charge < -0.3 is 15.0 Å². The maximum absolute atomic E-state index is 12.7. The minimum Gasteiger partial charge on any atom is -0.497 e. The van der Waals surface area contributed by atoms with E-state index >= 15 is 0 Å². The molecule has 3 aromatic rings. The van der Waals surface area contributed by atoms with Crippen LogP contribution in [-0.4, -0.2) is 52.1 Å². The first-order valence-corrected chi connectivity index (χ1v) is 11.4. The Balaban J connectivity index is 1.42. The van der Waals surface area contributed by atoms with Crippen LogP contribution >= 0.6 is 23.4 Å². The van der Waals surface area contributed by atoms with Gasteiger partial charge in [-0.2, -0.15) is 4.68 Å². The Bertz CT molecular complexity index is 1040. The summed E-state index contributed by atoms with van der Waals surface area (Å²) in [5.74, 6) is 0.772. The summed E-state index contributed by atoms with van der Waals surface area (Å²) in [6, 6.07) is 13.0. The molecule has 0 aliphatic carbocycles. The Hall–Kier alpha value is -2.78. The quantitative estimate of drug-likeness (QED) is 0.534. The average Bonchev–Trinajstić information content (AvgIpc) is 3.27. The van der Waals surface area contributed by atoms with E-state index < -0.39 is 0 Å². The molecule has 4 rings (SSSR count). The fourth-order valence-electron chi connectivity index (χ4n) is 3.49. The predicted octanol–water partition coefficient (Wildman–Crippen LogP) is 4.05.